The molecule has 106 valence electrons. The van der Waals surface area contributed by atoms with Crippen molar-refractivity contribution in [3.8, 4) is 5.75 Å². The first kappa shape index (κ1) is 15.3. The summed E-state index contributed by atoms with van der Waals surface area (Å²) in [5, 5.41) is 14.8. The smallest absolute Gasteiger partial charge is 0.319 e. The highest BCUT2D eigenvalue weighted by Gasteiger charge is 2.07. The fourth-order valence-electron chi connectivity index (χ4n) is 1.62. The highest BCUT2D eigenvalue weighted by Crippen LogP contribution is 2.24. The molecule has 0 aromatic heterocycles. The van der Waals surface area contributed by atoms with E-state index in [-0.39, 0.29) is 12.1 Å². The molecule has 1 aromatic carbocycles. The Bertz CT molecular complexity index is 421. The highest BCUT2D eigenvalue weighted by molar-refractivity contribution is 5.90. The van der Waals surface area contributed by atoms with E-state index in [4.69, 9.17) is 4.74 Å². The van der Waals surface area contributed by atoms with Crippen LogP contribution >= 0.6 is 0 Å². The Morgan fingerprint density at radius 2 is 2.21 bits per heavy atom. The van der Waals surface area contributed by atoms with E-state index in [2.05, 4.69) is 10.6 Å². The topological polar surface area (TPSA) is 70.6 Å². The summed E-state index contributed by atoms with van der Waals surface area (Å²) < 4.78 is 5.20. The Morgan fingerprint density at radius 3 is 2.84 bits per heavy atom. The molecule has 3 N–H and O–H groups in total. The van der Waals surface area contributed by atoms with Crippen LogP contribution in [-0.2, 0) is 0 Å². The molecule has 0 spiro atoms. The summed E-state index contributed by atoms with van der Waals surface area (Å²) in [6.07, 6.45) is 0.874. The number of aliphatic hydroxyl groups excluding tert-OH is 1. The molecular formula is C14H22N2O3. The Hall–Kier alpha value is -1.75. The van der Waals surface area contributed by atoms with E-state index < -0.39 is 0 Å². The number of hydrogen-bond donors (Lipinski definition) is 3. The zero-order valence-electron chi connectivity index (χ0n) is 11.7. The molecule has 1 rings (SSSR count). The van der Waals surface area contributed by atoms with Crippen LogP contribution in [-0.4, -0.2) is 30.9 Å². The lowest BCUT2D eigenvalue weighted by atomic mass is 10.2. The first-order valence-electron chi connectivity index (χ1n) is 6.44. The molecule has 1 aromatic rings. The molecule has 0 fully saturated rings. The maximum Gasteiger partial charge on any atom is 0.319 e. The van der Waals surface area contributed by atoms with Gasteiger partial charge in [0, 0.05) is 6.54 Å². The minimum atomic E-state index is -0.366. The zero-order chi connectivity index (χ0) is 14.3. The van der Waals surface area contributed by atoms with E-state index in [0.717, 1.165) is 5.56 Å². The van der Waals surface area contributed by atoms with Gasteiger partial charge in [0.1, 0.15) is 5.75 Å². The Morgan fingerprint density at radius 1 is 1.47 bits per heavy atom. The third-order valence-corrected chi connectivity index (χ3v) is 2.84. The van der Waals surface area contributed by atoms with Gasteiger partial charge in [0.05, 0.1) is 18.9 Å². The first-order valence-corrected chi connectivity index (χ1v) is 6.44. The number of urea groups is 1. The number of anilines is 1. The maximum absolute atomic E-state index is 11.7. The molecule has 5 nitrogen and oxygen atoms in total. The number of benzene rings is 1. The average molecular weight is 266 g/mol. The van der Waals surface area contributed by atoms with Crippen molar-refractivity contribution in [2.24, 2.45) is 0 Å². The van der Waals surface area contributed by atoms with Gasteiger partial charge in [0.2, 0.25) is 0 Å². The van der Waals surface area contributed by atoms with Crippen LogP contribution in [0.15, 0.2) is 18.2 Å². The second-order valence-electron chi connectivity index (χ2n) is 4.44. The van der Waals surface area contributed by atoms with Crippen LogP contribution in [0.3, 0.4) is 0 Å². The molecule has 0 aliphatic rings. The summed E-state index contributed by atoms with van der Waals surface area (Å²) in [5.74, 6) is 0.628. The largest absolute Gasteiger partial charge is 0.495 e. The third kappa shape index (κ3) is 5.18. The molecule has 19 heavy (non-hydrogen) atoms. The Kier molecular flexibility index (Phi) is 6.15. The van der Waals surface area contributed by atoms with Crippen LogP contribution in [0, 0.1) is 6.92 Å². The minimum Gasteiger partial charge on any atom is -0.495 e. The monoisotopic (exact) mass is 266 g/mol. The number of methoxy groups -OCH3 is 1. The number of aliphatic hydroxyl groups is 1. The number of carbonyl (C=O) groups excluding carboxylic acids is 1. The van der Waals surface area contributed by atoms with E-state index >= 15 is 0 Å². The van der Waals surface area contributed by atoms with Crippen LogP contribution < -0.4 is 15.4 Å². The van der Waals surface area contributed by atoms with Gasteiger partial charge in [-0.15, -0.1) is 0 Å². The van der Waals surface area contributed by atoms with E-state index in [1.807, 2.05) is 26.0 Å². The fourth-order valence-corrected chi connectivity index (χ4v) is 1.62. The van der Waals surface area contributed by atoms with Gasteiger partial charge in [0.25, 0.3) is 0 Å². The van der Waals surface area contributed by atoms with E-state index in [0.29, 0.717) is 30.8 Å². The lowest BCUT2D eigenvalue weighted by Crippen LogP contribution is -2.31. The van der Waals surface area contributed by atoms with Gasteiger partial charge >= 0.3 is 6.03 Å². The molecule has 1 unspecified atom stereocenters. The standard InChI is InChI=1S/C14H22N2O3/c1-4-11(17)7-8-15-14(18)16-12-6-5-10(2)9-13(12)19-3/h5-6,9,11,17H,4,7-8H2,1-3H3,(H2,15,16,18). The molecule has 0 bridgehead atoms. The van der Waals surface area contributed by atoms with Crippen molar-refractivity contribution in [1.82, 2.24) is 5.32 Å². The predicted molar refractivity (Wildman–Crippen MR) is 75.7 cm³/mol. The highest BCUT2D eigenvalue weighted by atomic mass is 16.5. The van der Waals surface area contributed by atoms with Crippen LogP contribution in [0.2, 0.25) is 0 Å². The van der Waals surface area contributed by atoms with Gasteiger partial charge in [-0.25, -0.2) is 4.79 Å². The summed E-state index contributed by atoms with van der Waals surface area (Å²) in [4.78, 5) is 11.7. The maximum atomic E-state index is 11.7. The molecule has 0 saturated heterocycles. The quantitative estimate of drug-likeness (QED) is 0.740. The van der Waals surface area contributed by atoms with Gasteiger partial charge in [-0.1, -0.05) is 13.0 Å². The third-order valence-electron chi connectivity index (χ3n) is 2.84. The number of amides is 2. The van der Waals surface area contributed by atoms with Crippen LogP contribution in [0.5, 0.6) is 5.75 Å². The number of carbonyl (C=O) groups is 1. The van der Waals surface area contributed by atoms with Crippen molar-refractivity contribution < 1.29 is 14.6 Å². The second kappa shape index (κ2) is 7.63. The van der Waals surface area contributed by atoms with E-state index in [1.165, 1.54) is 0 Å². The van der Waals surface area contributed by atoms with Gasteiger partial charge in [-0.2, -0.15) is 0 Å². The van der Waals surface area contributed by atoms with E-state index in [1.54, 1.807) is 13.2 Å². The number of hydrogen-bond acceptors (Lipinski definition) is 3. The van der Waals surface area contributed by atoms with Crippen molar-refractivity contribution in [3.63, 3.8) is 0 Å². The Balaban J connectivity index is 2.48. The van der Waals surface area contributed by atoms with Crippen molar-refractivity contribution in [1.29, 1.82) is 0 Å². The summed E-state index contributed by atoms with van der Waals surface area (Å²) in [5.41, 5.74) is 1.69. The van der Waals surface area contributed by atoms with Crippen molar-refractivity contribution >= 4 is 11.7 Å². The van der Waals surface area contributed by atoms with Gasteiger partial charge in [0.15, 0.2) is 0 Å². The van der Waals surface area contributed by atoms with Crippen LogP contribution in [0.25, 0.3) is 0 Å². The summed E-state index contributed by atoms with van der Waals surface area (Å²) in [6.45, 7) is 4.30. The van der Waals surface area contributed by atoms with Crippen molar-refractivity contribution in [2.75, 3.05) is 19.0 Å². The minimum absolute atomic E-state index is 0.301. The normalized spacial score (nSPS) is 11.8. The summed E-state index contributed by atoms with van der Waals surface area (Å²) >= 11 is 0. The molecule has 0 heterocycles. The van der Waals surface area contributed by atoms with Gasteiger partial charge in [-0.3, -0.25) is 0 Å². The van der Waals surface area contributed by atoms with Gasteiger partial charge in [-0.05, 0) is 37.5 Å². The fraction of sp³-hybridized carbons (Fsp3) is 0.500. The second-order valence-corrected chi connectivity index (χ2v) is 4.44. The lowest BCUT2D eigenvalue weighted by Gasteiger charge is -2.12. The molecule has 0 radical (unpaired) electrons. The molecule has 0 aliphatic carbocycles. The number of ether oxygens (including phenoxy) is 1. The molecule has 5 heteroatoms. The number of nitrogens with one attached hydrogen (secondary N) is 2. The van der Waals surface area contributed by atoms with Crippen LogP contribution in [0.1, 0.15) is 25.3 Å². The molecule has 0 saturated carbocycles. The number of aryl methyl sites for hydroxylation is 1. The Labute approximate surface area is 114 Å². The zero-order valence-corrected chi connectivity index (χ0v) is 11.7. The van der Waals surface area contributed by atoms with Gasteiger partial charge < -0.3 is 20.5 Å². The first-order chi connectivity index (χ1) is 9.06. The lowest BCUT2D eigenvalue weighted by molar-refractivity contribution is 0.160. The van der Waals surface area contributed by atoms with Crippen molar-refractivity contribution in [2.45, 2.75) is 32.8 Å². The number of rotatable bonds is 6. The molecular weight excluding hydrogens is 244 g/mol. The molecule has 2 amide bonds. The van der Waals surface area contributed by atoms with E-state index in [9.17, 15) is 9.90 Å². The predicted octanol–water partition coefficient (Wildman–Crippen LogP) is 2.29. The summed E-state index contributed by atoms with van der Waals surface area (Å²) in [6, 6.07) is 5.26. The van der Waals surface area contributed by atoms with Crippen LogP contribution in [0.4, 0.5) is 10.5 Å². The SMILES string of the molecule is CCC(O)CCNC(=O)Nc1ccc(C)cc1OC. The average Bonchev–Trinajstić information content (AvgIpc) is 2.40. The van der Waals surface area contributed by atoms with Crippen molar-refractivity contribution in [3.05, 3.63) is 23.8 Å². The summed E-state index contributed by atoms with van der Waals surface area (Å²) in [7, 11) is 1.56. The molecule has 0 aliphatic heterocycles. The molecule has 1 atom stereocenters.